The fourth-order valence-corrected chi connectivity index (χ4v) is 7.53. The van der Waals surface area contributed by atoms with Crippen LogP contribution >= 0.6 is 11.8 Å². The van der Waals surface area contributed by atoms with E-state index in [1.807, 2.05) is 66.4 Å². The maximum atomic E-state index is 12.6. The monoisotopic (exact) mass is 400 g/mol. The summed E-state index contributed by atoms with van der Waals surface area (Å²) >= 11 is 1.40. The second-order valence-corrected chi connectivity index (χ2v) is 10.3. The molecule has 0 N–H and O–H groups in total. The molecule has 2 aliphatic heterocycles. The van der Waals surface area contributed by atoms with Crippen LogP contribution in [0.3, 0.4) is 0 Å². The summed E-state index contributed by atoms with van der Waals surface area (Å²) in [5.41, 5.74) is 2.91. The van der Waals surface area contributed by atoms with Crippen LogP contribution in [0.2, 0.25) is 0 Å². The topological polar surface area (TPSA) is 66.8 Å². The largest absolute Gasteiger partial charge is 0.316 e. The molecule has 2 heterocycles. The number of para-hydroxylation sites is 1. The number of anilines is 1. The Bertz CT molecular complexity index is 1000. The summed E-state index contributed by atoms with van der Waals surface area (Å²) < 4.78 is 24.2. The van der Waals surface area contributed by atoms with Crippen LogP contribution in [0.15, 0.2) is 59.6 Å². The highest BCUT2D eigenvalue weighted by atomic mass is 32.2. The van der Waals surface area contributed by atoms with Crippen LogP contribution < -0.4 is 4.90 Å². The van der Waals surface area contributed by atoms with E-state index in [1.165, 1.54) is 11.8 Å². The number of carbonyl (C=O) groups is 1. The molecule has 0 radical (unpaired) electrons. The van der Waals surface area contributed by atoms with Crippen molar-refractivity contribution >= 4 is 38.4 Å². The maximum absolute atomic E-state index is 12.6. The summed E-state index contributed by atoms with van der Waals surface area (Å²) in [4.78, 5) is 18.8. The zero-order chi connectivity index (χ0) is 19.0. The first-order valence-corrected chi connectivity index (χ1v) is 11.5. The third-order valence-electron chi connectivity index (χ3n) is 4.76. The Hall–Kier alpha value is -2.12. The Kier molecular flexibility index (Phi) is 4.82. The Balaban J connectivity index is 1.62. The third-order valence-corrected chi connectivity index (χ3v) is 7.97. The van der Waals surface area contributed by atoms with Crippen molar-refractivity contribution < 1.29 is 13.2 Å². The van der Waals surface area contributed by atoms with Crippen LogP contribution in [-0.2, 0) is 21.1 Å². The smallest absolute Gasteiger partial charge is 0.252 e. The van der Waals surface area contributed by atoms with Crippen LogP contribution in [0, 0.1) is 6.92 Å². The van der Waals surface area contributed by atoms with Crippen molar-refractivity contribution in [2.24, 2.45) is 4.99 Å². The Morgan fingerprint density at radius 2 is 1.93 bits per heavy atom. The maximum Gasteiger partial charge on any atom is 0.252 e. The van der Waals surface area contributed by atoms with Crippen LogP contribution in [0.5, 0.6) is 0 Å². The van der Waals surface area contributed by atoms with E-state index < -0.39 is 9.84 Å². The predicted octanol–water partition coefficient (Wildman–Crippen LogP) is 2.84. The number of hydrogen-bond donors (Lipinski definition) is 0. The molecule has 0 bridgehead atoms. The molecule has 0 spiro atoms. The first-order valence-electron chi connectivity index (χ1n) is 8.80. The van der Waals surface area contributed by atoms with E-state index in [-0.39, 0.29) is 35.1 Å². The minimum Gasteiger partial charge on any atom is -0.316 e. The molecule has 7 heteroatoms. The average Bonchev–Trinajstić information content (AvgIpc) is 3.06. The van der Waals surface area contributed by atoms with Gasteiger partial charge < -0.3 is 4.90 Å². The van der Waals surface area contributed by atoms with Gasteiger partial charge in [0.05, 0.1) is 24.0 Å². The lowest BCUT2D eigenvalue weighted by Crippen LogP contribution is -2.37. The van der Waals surface area contributed by atoms with E-state index in [9.17, 15) is 13.2 Å². The minimum absolute atomic E-state index is 0.0827. The minimum atomic E-state index is -3.05. The number of aliphatic imine (C=N–C) groups is 1. The lowest BCUT2D eigenvalue weighted by atomic mass is 10.1. The molecule has 2 aliphatic rings. The molecule has 5 nitrogen and oxygen atoms in total. The van der Waals surface area contributed by atoms with Gasteiger partial charge in [-0.2, -0.15) is 4.99 Å². The van der Waals surface area contributed by atoms with Crippen molar-refractivity contribution in [3.05, 3.63) is 65.7 Å². The summed E-state index contributed by atoms with van der Waals surface area (Å²) in [6, 6.07) is 17.2. The number of thioether (sulfide) groups is 1. The second kappa shape index (κ2) is 7.13. The number of carbonyl (C=O) groups excluding carboxylic acids is 1. The quantitative estimate of drug-likeness (QED) is 0.793. The number of amidine groups is 1. The van der Waals surface area contributed by atoms with Gasteiger partial charge in [0.2, 0.25) is 0 Å². The SMILES string of the molecule is Cc1cccc(CC(=O)N=C2S[C@@H]3CS(=O)(=O)C[C@H]3N2c2ccccc2)c1. The Morgan fingerprint density at radius 1 is 1.15 bits per heavy atom. The normalized spacial score (nSPS) is 24.9. The lowest BCUT2D eigenvalue weighted by molar-refractivity contribution is -0.117. The number of nitrogens with zero attached hydrogens (tertiary/aromatic N) is 2. The fourth-order valence-electron chi connectivity index (χ4n) is 3.60. The van der Waals surface area contributed by atoms with Crippen molar-refractivity contribution in [2.75, 3.05) is 16.4 Å². The van der Waals surface area contributed by atoms with Crippen LogP contribution in [0.1, 0.15) is 11.1 Å². The molecule has 2 saturated heterocycles. The van der Waals surface area contributed by atoms with Gasteiger partial charge in [-0.25, -0.2) is 8.42 Å². The average molecular weight is 401 g/mol. The number of aryl methyl sites for hydroxylation is 1. The highest BCUT2D eigenvalue weighted by Crippen LogP contribution is 2.40. The van der Waals surface area contributed by atoms with E-state index in [0.717, 1.165) is 16.8 Å². The highest BCUT2D eigenvalue weighted by molar-refractivity contribution is 8.16. The van der Waals surface area contributed by atoms with E-state index in [2.05, 4.69) is 4.99 Å². The first kappa shape index (κ1) is 18.3. The van der Waals surface area contributed by atoms with Crippen LogP contribution in [-0.4, -0.2) is 42.3 Å². The van der Waals surface area contributed by atoms with Gasteiger partial charge >= 0.3 is 0 Å². The summed E-state index contributed by atoms with van der Waals surface area (Å²) in [5, 5.41) is 0.518. The molecule has 0 aromatic heterocycles. The number of benzene rings is 2. The first-order chi connectivity index (χ1) is 12.9. The highest BCUT2D eigenvalue weighted by Gasteiger charge is 2.49. The molecule has 2 fully saturated rings. The Labute approximate surface area is 163 Å². The van der Waals surface area contributed by atoms with E-state index in [1.54, 1.807) is 0 Å². The van der Waals surface area contributed by atoms with Gasteiger partial charge in [0, 0.05) is 10.9 Å². The molecule has 1 amide bonds. The fraction of sp³-hybridized carbons (Fsp3) is 0.300. The van der Waals surface area contributed by atoms with Crippen molar-refractivity contribution in [1.82, 2.24) is 0 Å². The number of fused-ring (bicyclic) bond motifs is 1. The summed E-state index contributed by atoms with van der Waals surface area (Å²) in [6.07, 6.45) is 0.238. The molecule has 2 aromatic rings. The zero-order valence-electron chi connectivity index (χ0n) is 14.9. The van der Waals surface area contributed by atoms with E-state index in [0.29, 0.717) is 5.17 Å². The Morgan fingerprint density at radius 3 is 2.67 bits per heavy atom. The molecular weight excluding hydrogens is 380 g/mol. The number of hydrogen-bond acceptors (Lipinski definition) is 4. The molecule has 0 saturated carbocycles. The molecule has 2 atom stereocenters. The summed E-state index contributed by atoms with van der Waals surface area (Å²) in [5.74, 6) is 0.0216. The second-order valence-electron chi connectivity index (χ2n) is 6.96. The number of amides is 1. The number of rotatable bonds is 3. The molecule has 2 aromatic carbocycles. The summed E-state index contributed by atoms with van der Waals surface area (Å²) in [7, 11) is -3.05. The van der Waals surface area contributed by atoms with Crippen molar-refractivity contribution in [3.63, 3.8) is 0 Å². The molecule has 140 valence electrons. The molecule has 0 aliphatic carbocycles. The standard InChI is InChI=1S/C20H20N2O3S2/c1-14-6-5-7-15(10-14)11-19(23)21-20-22(16-8-3-2-4-9-16)17-12-27(24,25)13-18(17)26-20/h2-10,17-18H,11-13H2,1H3/t17-,18-/m1/s1. The van der Waals surface area contributed by atoms with Crippen molar-refractivity contribution in [3.8, 4) is 0 Å². The van der Waals surface area contributed by atoms with Gasteiger partial charge in [0.15, 0.2) is 15.0 Å². The number of sulfone groups is 1. The van der Waals surface area contributed by atoms with E-state index in [4.69, 9.17) is 0 Å². The van der Waals surface area contributed by atoms with Crippen LogP contribution in [0.25, 0.3) is 0 Å². The molecule has 4 rings (SSSR count). The molecule has 0 unspecified atom stereocenters. The summed E-state index contributed by atoms with van der Waals surface area (Å²) in [6.45, 7) is 1.99. The third kappa shape index (κ3) is 3.94. The predicted molar refractivity (Wildman–Crippen MR) is 110 cm³/mol. The molecule has 27 heavy (non-hydrogen) atoms. The van der Waals surface area contributed by atoms with Gasteiger partial charge in [-0.1, -0.05) is 59.8 Å². The van der Waals surface area contributed by atoms with Gasteiger partial charge in [-0.3, -0.25) is 4.79 Å². The lowest BCUT2D eigenvalue weighted by Gasteiger charge is -2.24. The van der Waals surface area contributed by atoms with Crippen molar-refractivity contribution in [2.45, 2.75) is 24.6 Å². The van der Waals surface area contributed by atoms with Gasteiger partial charge in [0.25, 0.3) is 5.91 Å². The van der Waals surface area contributed by atoms with Crippen molar-refractivity contribution in [1.29, 1.82) is 0 Å². The van der Waals surface area contributed by atoms with E-state index >= 15 is 0 Å². The molecular formula is C20H20N2O3S2. The van der Waals surface area contributed by atoms with Crippen LogP contribution in [0.4, 0.5) is 5.69 Å². The van der Waals surface area contributed by atoms with Gasteiger partial charge in [0.1, 0.15) is 0 Å². The van der Waals surface area contributed by atoms with Gasteiger partial charge in [-0.15, -0.1) is 0 Å². The van der Waals surface area contributed by atoms with Gasteiger partial charge in [-0.05, 0) is 24.6 Å². The zero-order valence-corrected chi connectivity index (χ0v) is 16.5.